The van der Waals surface area contributed by atoms with Crippen LogP contribution in [0, 0.1) is 6.92 Å². The van der Waals surface area contributed by atoms with E-state index in [0.29, 0.717) is 0 Å². The molecule has 0 spiro atoms. The van der Waals surface area contributed by atoms with Crippen LogP contribution in [0.5, 0.6) is 0 Å². The van der Waals surface area contributed by atoms with E-state index in [1.165, 1.54) is 0 Å². The maximum absolute atomic E-state index is 3.72. The monoisotopic (exact) mass is 181 g/mol. The van der Waals surface area contributed by atoms with Gasteiger partial charge in [0.2, 0.25) is 0 Å². The third-order valence-corrected chi connectivity index (χ3v) is 0.843. The van der Waals surface area contributed by atoms with Gasteiger partial charge in [-0.15, -0.1) is 12.1 Å². The van der Waals surface area contributed by atoms with Crippen molar-refractivity contribution < 1.29 is 26.2 Å². The third kappa shape index (κ3) is 2.32. The fourth-order valence-electron chi connectivity index (χ4n) is 0.478. The fourth-order valence-corrected chi connectivity index (χ4v) is 0.478. The van der Waals surface area contributed by atoms with E-state index in [1.54, 1.807) is 0 Å². The van der Waals surface area contributed by atoms with Crippen LogP contribution in [0.25, 0.3) is 0 Å². The van der Waals surface area contributed by atoms with Crippen molar-refractivity contribution in [3.8, 4) is 0 Å². The molecule has 1 heteroatoms. The molecule has 0 heterocycles. The molecule has 0 unspecified atom stereocenters. The molecule has 0 saturated heterocycles. The molecular formula is C7H7Zr-. The smallest absolute Gasteiger partial charge is 0 e. The van der Waals surface area contributed by atoms with E-state index in [0.717, 1.165) is 5.56 Å². The molecule has 0 nitrogen and oxygen atoms in total. The molecule has 0 bridgehead atoms. The molecule has 40 valence electrons. The number of rotatable bonds is 0. The molecule has 0 N–H and O–H groups in total. The summed E-state index contributed by atoms with van der Waals surface area (Å²) in [7, 11) is 0. The Labute approximate surface area is 69.0 Å². The van der Waals surface area contributed by atoms with Gasteiger partial charge in [0.25, 0.3) is 0 Å². The van der Waals surface area contributed by atoms with Crippen molar-refractivity contribution in [2.24, 2.45) is 0 Å². The molecule has 0 aliphatic rings. The zero-order valence-electron chi connectivity index (χ0n) is 4.59. The van der Waals surface area contributed by atoms with Gasteiger partial charge in [0.15, 0.2) is 0 Å². The van der Waals surface area contributed by atoms with Crippen LogP contribution in [0.3, 0.4) is 0 Å². The summed E-state index contributed by atoms with van der Waals surface area (Å²) in [6, 6.07) is 9.87. The number of hydrogen-bond acceptors (Lipinski definition) is 0. The molecule has 8 heavy (non-hydrogen) atoms. The molecule has 0 saturated carbocycles. The van der Waals surface area contributed by atoms with Gasteiger partial charge in [-0.05, 0) is 0 Å². The second-order valence-corrected chi connectivity index (χ2v) is 1.49. The van der Waals surface area contributed by atoms with Gasteiger partial charge in [-0.1, -0.05) is 6.07 Å². The Morgan fingerprint density at radius 1 is 1.00 bits per heavy atom. The Hall–Kier alpha value is -0.0269. The average molecular weight is 182 g/mol. The fraction of sp³-hybridized carbons (Fsp3) is 0. The standard InChI is InChI=1S/C7H7.Zr/c1-7-5-3-2-4-6-7;/h2-6H,1H2;/q-1;. The predicted octanol–water partition coefficient (Wildman–Crippen LogP) is 1.87. The first kappa shape index (κ1) is 7.97. The molecule has 0 aromatic heterocycles. The second-order valence-electron chi connectivity index (χ2n) is 1.49. The van der Waals surface area contributed by atoms with Gasteiger partial charge in [-0.3, -0.25) is 0 Å². The molecular weight excluding hydrogens is 175 g/mol. The molecule has 1 aromatic carbocycles. The molecule has 0 aliphatic heterocycles. The van der Waals surface area contributed by atoms with Crippen LogP contribution in [0.1, 0.15) is 5.56 Å². The van der Waals surface area contributed by atoms with Gasteiger partial charge in [-0.2, -0.15) is 24.6 Å². The maximum atomic E-state index is 3.72. The minimum Gasteiger partial charge on any atom is -0.199 e. The van der Waals surface area contributed by atoms with E-state index >= 15 is 0 Å². The zero-order chi connectivity index (χ0) is 5.11. The van der Waals surface area contributed by atoms with Gasteiger partial charge in [0.05, 0.1) is 0 Å². The van der Waals surface area contributed by atoms with Crippen LogP contribution >= 0.6 is 0 Å². The van der Waals surface area contributed by atoms with Crippen molar-refractivity contribution in [3.05, 3.63) is 42.8 Å². The molecule has 0 atom stereocenters. The van der Waals surface area contributed by atoms with Crippen LogP contribution in [-0.2, 0) is 26.2 Å². The summed E-state index contributed by atoms with van der Waals surface area (Å²) in [5.41, 5.74) is 1.07. The molecule has 1 aromatic rings. The van der Waals surface area contributed by atoms with Crippen molar-refractivity contribution >= 4 is 0 Å². The van der Waals surface area contributed by atoms with Gasteiger partial charge in [-0.25, -0.2) is 0 Å². The largest absolute Gasteiger partial charge is 0.199 e. The Bertz CT molecular complexity index is 134. The second kappa shape index (κ2) is 3.91. The van der Waals surface area contributed by atoms with Crippen molar-refractivity contribution in [1.29, 1.82) is 0 Å². The Morgan fingerprint density at radius 3 is 1.75 bits per heavy atom. The summed E-state index contributed by atoms with van der Waals surface area (Å²) in [5, 5.41) is 0. The summed E-state index contributed by atoms with van der Waals surface area (Å²) in [6.07, 6.45) is 0. The molecule has 0 radical (unpaired) electrons. The van der Waals surface area contributed by atoms with E-state index < -0.39 is 0 Å². The summed E-state index contributed by atoms with van der Waals surface area (Å²) >= 11 is 0. The normalized spacial score (nSPS) is 7.50. The Morgan fingerprint density at radius 2 is 1.50 bits per heavy atom. The van der Waals surface area contributed by atoms with E-state index in [1.807, 2.05) is 30.3 Å². The minimum atomic E-state index is 0. The van der Waals surface area contributed by atoms with Crippen molar-refractivity contribution in [2.75, 3.05) is 0 Å². The first-order valence-electron chi connectivity index (χ1n) is 2.26. The van der Waals surface area contributed by atoms with E-state index in [-0.39, 0.29) is 26.2 Å². The number of benzene rings is 1. The molecule has 0 fully saturated rings. The van der Waals surface area contributed by atoms with Crippen LogP contribution in [0.15, 0.2) is 30.3 Å². The van der Waals surface area contributed by atoms with Crippen molar-refractivity contribution in [2.45, 2.75) is 0 Å². The topological polar surface area (TPSA) is 0 Å². The van der Waals surface area contributed by atoms with E-state index in [4.69, 9.17) is 0 Å². The Balaban J connectivity index is 0.000000490. The summed E-state index contributed by atoms with van der Waals surface area (Å²) in [4.78, 5) is 0. The van der Waals surface area contributed by atoms with Crippen molar-refractivity contribution in [1.82, 2.24) is 0 Å². The average Bonchev–Trinajstić information content (AvgIpc) is 1.69. The zero-order valence-corrected chi connectivity index (χ0v) is 7.05. The quantitative estimate of drug-likeness (QED) is 0.537. The Kier molecular flexibility index (Phi) is 3.90. The summed E-state index contributed by atoms with van der Waals surface area (Å²) in [6.45, 7) is 3.72. The minimum absolute atomic E-state index is 0. The van der Waals surface area contributed by atoms with Gasteiger partial charge < -0.3 is 0 Å². The van der Waals surface area contributed by atoms with Gasteiger partial charge in [0, 0.05) is 26.2 Å². The van der Waals surface area contributed by atoms with Crippen LogP contribution in [-0.4, -0.2) is 0 Å². The summed E-state index contributed by atoms with van der Waals surface area (Å²) < 4.78 is 0. The molecule has 0 amide bonds. The van der Waals surface area contributed by atoms with Crippen molar-refractivity contribution in [3.63, 3.8) is 0 Å². The van der Waals surface area contributed by atoms with Gasteiger partial charge >= 0.3 is 0 Å². The number of hydrogen-bond donors (Lipinski definition) is 0. The maximum Gasteiger partial charge on any atom is 0 e. The predicted molar refractivity (Wildman–Crippen MR) is 30.9 cm³/mol. The first-order valence-corrected chi connectivity index (χ1v) is 2.26. The van der Waals surface area contributed by atoms with E-state index in [2.05, 4.69) is 6.92 Å². The SMILES string of the molecule is [CH2-]c1ccccc1.[Zr]. The van der Waals surface area contributed by atoms with E-state index in [9.17, 15) is 0 Å². The summed E-state index contributed by atoms with van der Waals surface area (Å²) in [5.74, 6) is 0. The van der Waals surface area contributed by atoms with Crippen LogP contribution < -0.4 is 0 Å². The molecule has 1 rings (SSSR count). The third-order valence-electron chi connectivity index (χ3n) is 0.843. The molecule has 0 aliphatic carbocycles. The van der Waals surface area contributed by atoms with Crippen LogP contribution in [0.2, 0.25) is 0 Å². The van der Waals surface area contributed by atoms with Gasteiger partial charge in [0.1, 0.15) is 0 Å². The van der Waals surface area contributed by atoms with Crippen LogP contribution in [0.4, 0.5) is 0 Å². The first-order chi connectivity index (χ1) is 3.39.